The molecule has 3 rings (SSSR count). The van der Waals surface area contributed by atoms with Crippen molar-refractivity contribution >= 4 is 39.0 Å². The zero-order valence-electron chi connectivity index (χ0n) is 14.6. The van der Waals surface area contributed by atoms with Crippen LogP contribution in [0.1, 0.15) is 11.3 Å². The Kier molecular flexibility index (Phi) is 6.17. The molecule has 0 aliphatic carbocycles. The molecule has 0 radical (unpaired) electrons. The molecule has 3 aromatic rings. The van der Waals surface area contributed by atoms with Gasteiger partial charge in [0.2, 0.25) is 10.0 Å². The number of benzene rings is 2. The lowest BCUT2D eigenvalue weighted by Crippen LogP contribution is -2.28. The molecule has 0 aliphatic rings. The number of halogens is 1. The summed E-state index contributed by atoms with van der Waals surface area (Å²) in [5, 5.41) is 5.79. The van der Waals surface area contributed by atoms with Gasteiger partial charge in [0.15, 0.2) is 6.39 Å². The van der Waals surface area contributed by atoms with Crippen LogP contribution in [-0.2, 0) is 22.3 Å². The Hall–Kier alpha value is -3.04. The largest absolute Gasteiger partial charge is 0.447 e. The molecule has 0 atom stereocenters. The minimum Gasteiger partial charge on any atom is -0.447 e. The topological polar surface area (TPSA) is 113 Å². The predicted octanol–water partition coefficient (Wildman–Crippen LogP) is 3.59. The summed E-state index contributed by atoms with van der Waals surface area (Å²) in [4.78, 5) is 15.6. The van der Waals surface area contributed by atoms with Gasteiger partial charge in [0, 0.05) is 16.4 Å². The van der Waals surface area contributed by atoms with Gasteiger partial charge in [0.1, 0.15) is 5.76 Å². The predicted molar refractivity (Wildman–Crippen MR) is 107 cm³/mol. The Labute approximate surface area is 167 Å². The molecule has 1 heterocycles. The van der Waals surface area contributed by atoms with Crippen LogP contribution in [-0.4, -0.2) is 19.4 Å². The molecule has 0 spiro atoms. The molecule has 3 N–H and O–H groups in total. The maximum absolute atomic E-state index is 12.3. The molecule has 146 valence electrons. The second-order valence-electron chi connectivity index (χ2n) is 5.84. The third-order valence-electron chi connectivity index (χ3n) is 3.59. The third-order valence-corrected chi connectivity index (χ3v) is 5.10. The minimum absolute atomic E-state index is 0.172. The van der Waals surface area contributed by atoms with Crippen molar-refractivity contribution in [2.45, 2.75) is 12.3 Å². The molecule has 0 aliphatic heterocycles. The normalized spacial score (nSPS) is 11.0. The quantitative estimate of drug-likeness (QED) is 0.540. The van der Waals surface area contributed by atoms with Crippen LogP contribution < -0.4 is 15.4 Å². The van der Waals surface area contributed by atoms with E-state index in [1.54, 1.807) is 48.5 Å². The van der Waals surface area contributed by atoms with E-state index in [2.05, 4.69) is 20.3 Å². The first-order valence-electron chi connectivity index (χ1n) is 8.17. The van der Waals surface area contributed by atoms with E-state index in [0.717, 1.165) is 0 Å². The fourth-order valence-corrected chi connectivity index (χ4v) is 3.63. The summed E-state index contributed by atoms with van der Waals surface area (Å²) < 4.78 is 32.1. The first-order chi connectivity index (χ1) is 13.4. The number of oxazole rings is 1. The van der Waals surface area contributed by atoms with Crippen LogP contribution in [0.3, 0.4) is 0 Å². The number of aromatic nitrogens is 1. The number of sulfonamides is 1. The van der Waals surface area contributed by atoms with Crippen LogP contribution in [0.4, 0.5) is 16.2 Å². The average molecular weight is 421 g/mol. The Balaban J connectivity index is 1.53. The van der Waals surface area contributed by atoms with Crippen LogP contribution in [0.5, 0.6) is 0 Å². The molecule has 0 fully saturated rings. The molecule has 0 unspecified atom stereocenters. The summed E-state index contributed by atoms with van der Waals surface area (Å²) in [6, 6.07) is 12.5. The summed E-state index contributed by atoms with van der Waals surface area (Å²) in [6.07, 6.45) is 2.78. The van der Waals surface area contributed by atoms with Crippen molar-refractivity contribution in [2.24, 2.45) is 0 Å². The van der Waals surface area contributed by atoms with Crippen molar-refractivity contribution in [1.82, 2.24) is 10.3 Å². The van der Waals surface area contributed by atoms with Gasteiger partial charge in [-0.25, -0.2) is 18.2 Å². The van der Waals surface area contributed by atoms with Crippen molar-refractivity contribution in [3.63, 3.8) is 0 Å². The Bertz CT molecular complexity index is 1020. The first-order valence-corrected chi connectivity index (χ1v) is 10.2. The zero-order chi connectivity index (χ0) is 20.0. The van der Waals surface area contributed by atoms with Gasteiger partial charge < -0.3 is 15.1 Å². The second kappa shape index (κ2) is 8.77. The van der Waals surface area contributed by atoms with Gasteiger partial charge in [0.05, 0.1) is 18.5 Å². The third kappa shape index (κ3) is 6.00. The lowest BCUT2D eigenvalue weighted by molar-refractivity contribution is 0.251. The Morgan fingerprint density at radius 2 is 1.71 bits per heavy atom. The Morgan fingerprint density at radius 1 is 1.04 bits per heavy atom. The van der Waals surface area contributed by atoms with Gasteiger partial charge >= 0.3 is 6.03 Å². The lowest BCUT2D eigenvalue weighted by atomic mass is 10.2. The summed E-state index contributed by atoms with van der Waals surface area (Å²) in [6.45, 7) is 0.203. The summed E-state index contributed by atoms with van der Waals surface area (Å²) in [5.74, 6) is 0.356. The lowest BCUT2D eigenvalue weighted by Gasteiger charge is -2.10. The molecular weight excluding hydrogens is 404 g/mol. The number of nitrogens with one attached hydrogen (secondary N) is 3. The number of carbonyl (C=O) groups excluding carboxylic acids is 1. The van der Waals surface area contributed by atoms with Crippen LogP contribution >= 0.6 is 11.6 Å². The van der Waals surface area contributed by atoms with E-state index >= 15 is 0 Å². The molecule has 2 aromatic carbocycles. The van der Waals surface area contributed by atoms with Gasteiger partial charge in [0.25, 0.3) is 0 Å². The summed E-state index contributed by atoms with van der Waals surface area (Å²) in [5.41, 5.74) is 1.52. The van der Waals surface area contributed by atoms with E-state index in [1.807, 2.05) is 0 Å². The van der Waals surface area contributed by atoms with Crippen LogP contribution in [0, 0.1) is 0 Å². The highest BCUT2D eigenvalue weighted by molar-refractivity contribution is 7.91. The fraction of sp³-hybridized carbons (Fsp3) is 0.111. The molecule has 10 heteroatoms. The molecule has 0 bridgehead atoms. The van der Waals surface area contributed by atoms with E-state index in [0.29, 0.717) is 27.7 Å². The van der Waals surface area contributed by atoms with E-state index in [1.165, 1.54) is 12.6 Å². The molecule has 0 saturated carbocycles. The summed E-state index contributed by atoms with van der Waals surface area (Å²) in [7, 11) is -3.58. The Morgan fingerprint density at radius 3 is 2.36 bits per heavy atom. The van der Waals surface area contributed by atoms with Crippen molar-refractivity contribution in [3.05, 3.63) is 77.5 Å². The zero-order valence-corrected chi connectivity index (χ0v) is 16.1. The van der Waals surface area contributed by atoms with Crippen molar-refractivity contribution < 1.29 is 17.6 Å². The number of anilines is 2. The van der Waals surface area contributed by atoms with Gasteiger partial charge in [-0.05, 0) is 42.0 Å². The van der Waals surface area contributed by atoms with Crippen LogP contribution in [0.15, 0.2) is 65.5 Å². The van der Waals surface area contributed by atoms with Crippen LogP contribution in [0.25, 0.3) is 0 Å². The van der Waals surface area contributed by atoms with E-state index < -0.39 is 16.1 Å². The molecular formula is C18H17ClN4O4S. The number of carbonyl (C=O) groups is 1. The number of hydrogen-bond donors (Lipinski definition) is 3. The number of nitrogens with zero attached hydrogens (tertiary/aromatic N) is 1. The van der Waals surface area contributed by atoms with Gasteiger partial charge in [-0.1, -0.05) is 23.7 Å². The SMILES string of the molecule is O=C(NCc1cnco1)Nc1ccc(NS(=O)(=O)Cc2ccc(Cl)cc2)cc1. The molecule has 1 aromatic heterocycles. The number of urea groups is 1. The van der Waals surface area contributed by atoms with Gasteiger partial charge in [-0.2, -0.15) is 0 Å². The average Bonchev–Trinajstić information content (AvgIpc) is 3.17. The van der Waals surface area contributed by atoms with E-state index in [9.17, 15) is 13.2 Å². The molecule has 8 nitrogen and oxygen atoms in total. The smallest absolute Gasteiger partial charge is 0.319 e. The first kappa shape index (κ1) is 19.7. The number of hydrogen-bond acceptors (Lipinski definition) is 5. The maximum Gasteiger partial charge on any atom is 0.319 e. The molecule has 0 saturated heterocycles. The highest BCUT2D eigenvalue weighted by Crippen LogP contribution is 2.17. The fourth-order valence-electron chi connectivity index (χ4n) is 2.31. The van der Waals surface area contributed by atoms with Crippen molar-refractivity contribution in [1.29, 1.82) is 0 Å². The monoisotopic (exact) mass is 420 g/mol. The van der Waals surface area contributed by atoms with E-state index in [4.69, 9.17) is 16.0 Å². The minimum atomic E-state index is -3.58. The maximum atomic E-state index is 12.3. The second-order valence-corrected chi connectivity index (χ2v) is 8.00. The molecule has 28 heavy (non-hydrogen) atoms. The number of rotatable bonds is 7. The van der Waals surface area contributed by atoms with Gasteiger partial charge in [-0.15, -0.1) is 0 Å². The highest BCUT2D eigenvalue weighted by Gasteiger charge is 2.12. The molecule has 2 amide bonds. The number of amides is 2. The summed E-state index contributed by atoms with van der Waals surface area (Å²) >= 11 is 5.80. The van der Waals surface area contributed by atoms with Crippen molar-refractivity contribution in [2.75, 3.05) is 10.0 Å². The van der Waals surface area contributed by atoms with E-state index in [-0.39, 0.29) is 12.3 Å². The van der Waals surface area contributed by atoms with Crippen LogP contribution in [0.2, 0.25) is 5.02 Å². The van der Waals surface area contributed by atoms with Crippen molar-refractivity contribution in [3.8, 4) is 0 Å². The highest BCUT2D eigenvalue weighted by atomic mass is 35.5. The standard InChI is InChI=1S/C18H17ClN4O4S/c19-14-3-1-13(2-4-14)11-28(25,26)23-16-7-5-15(6-8-16)22-18(24)21-10-17-9-20-12-27-17/h1-9,12,23H,10-11H2,(H2,21,22,24). The van der Waals surface area contributed by atoms with Gasteiger partial charge in [-0.3, -0.25) is 4.72 Å².